The molecule has 1 heterocycles. The average molecular weight is 281 g/mol. The van der Waals surface area contributed by atoms with Gasteiger partial charge < -0.3 is 10.1 Å². The molecule has 0 saturated heterocycles. The second-order valence-electron chi connectivity index (χ2n) is 5.11. The molecule has 0 bridgehead atoms. The molecule has 1 aliphatic heterocycles. The minimum absolute atomic E-state index is 0.305. The summed E-state index contributed by atoms with van der Waals surface area (Å²) < 4.78 is 5.25. The molecule has 1 amide bonds. The Kier molecular flexibility index (Phi) is 3.44. The van der Waals surface area contributed by atoms with Gasteiger partial charge in [0.1, 0.15) is 0 Å². The van der Waals surface area contributed by atoms with E-state index >= 15 is 0 Å². The molecule has 2 aromatic carbocycles. The number of carbonyl (C=O) groups is 2. The summed E-state index contributed by atoms with van der Waals surface area (Å²) in [5.74, 6) is -0.742. The molecule has 2 aromatic rings. The van der Waals surface area contributed by atoms with Gasteiger partial charge in [0, 0.05) is 12.1 Å². The molecule has 0 aliphatic carbocycles. The normalized spacial score (nSPS) is 16.8. The highest BCUT2D eigenvalue weighted by Gasteiger charge is 2.31. The van der Waals surface area contributed by atoms with Crippen molar-refractivity contribution in [2.75, 3.05) is 5.32 Å². The third-order valence-corrected chi connectivity index (χ3v) is 3.47. The van der Waals surface area contributed by atoms with Crippen LogP contribution in [0.1, 0.15) is 21.5 Å². The van der Waals surface area contributed by atoms with Crippen molar-refractivity contribution in [3.8, 4) is 0 Å². The van der Waals surface area contributed by atoms with Crippen molar-refractivity contribution in [2.24, 2.45) is 0 Å². The molecule has 1 aliphatic rings. The maximum Gasteiger partial charge on any atom is 0.339 e. The summed E-state index contributed by atoms with van der Waals surface area (Å²) in [5.41, 5.74) is 3.09. The quantitative estimate of drug-likeness (QED) is 0.861. The van der Waals surface area contributed by atoms with Gasteiger partial charge in [0.2, 0.25) is 0 Å². The van der Waals surface area contributed by atoms with Crippen LogP contribution in [0.2, 0.25) is 0 Å². The fourth-order valence-electron chi connectivity index (χ4n) is 2.38. The molecule has 4 nitrogen and oxygen atoms in total. The summed E-state index contributed by atoms with van der Waals surface area (Å²) in [6.45, 7) is 1.92. The largest absolute Gasteiger partial charge is 0.448 e. The summed E-state index contributed by atoms with van der Waals surface area (Å²) in [7, 11) is 0. The number of carbonyl (C=O) groups excluding carboxylic acids is 2. The predicted octanol–water partition coefficient (Wildman–Crippen LogP) is 2.72. The van der Waals surface area contributed by atoms with Crippen LogP contribution in [0.5, 0.6) is 0 Å². The zero-order valence-corrected chi connectivity index (χ0v) is 11.6. The maximum absolute atomic E-state index is 12.2. The number of fused-ring (bicyclic) bond motifs is 1. The van der Waals surface area contributed by atoms with Gasteiger partial charge in [0.05, 0.1) is 5.56 Å². The van der Waals surface area contributed by atoms with Gasteiger partial charge in [-0.3, -0.25) is 4.79 Å². The summed E-state index contributed by atoms with van der Waals surface area (Å²) in [4.78, 5) is 24.2. The molecule has 0 spiro atoms. The number of amides is 1. The Morgan fingerprint density at radius 2 is 1.95 bits per heavy atom. The van der Waals surface area contributed by atoms with Crippen LogP contribution in [0.3, 0.4) is 0 Å². The second kappa shape index (κ2) is 5.40. The van der Waals surface area contributed by atoms with Gasteiger partial charge >= 0.3 is 5.97 Å². The topological polar surface area (TPSA) is 55.4 Å². The van der Waals surface area contributed by atoms with E-state index in [0.717, 1.165) is 11.1 Å². The number of rotatable bonds is 2. The lowest BCUT2D eigenvalue weighted by atomic mass is 9.96. The van der Waals surface area contributed by atoms with Crippen LogP contribution in [0.15, 0.2) is 48.5 Å². The zero-order chi connectivity index (χ0) is 14.8. The van der Waals surface area contributed by atoms with Gasteiger partial charge in [0.25, 0.3) is 5.91 Å². The number of hydrogen-bond acceptors (Lipinski definition) is 3. The minimum Gasteiger partial charge on any atom is -0.448 e. The molecule has 1 unspecified atom stereocenters. The van der Waals surface area contributed by atoms with Crippen LogP contribution >= 0.6 is 0 Å². The lowest BCUT2D eigenvalue weighted by Gasteiger charge is -2.24. The molecule has 4 heteroatoms. The van der Waals surface area contributed by atoms with E-state index in [1.165, 1.54) is 0 Å². The molecular formula is C17H15NO3. The van der Waals surface area contributed by atoms with E-state index in [2.05, 4.69) is 5.32 Å². The van der Waals surface area contributed by atoms with Crippen molar-refractivity contribution >= 4 is 17.6 Å². The summed E-state index contributed by atoms with van der Waals surface area (Å²) in [5, 5.41) is 2.76. The van der Waals surface area contributed by atoms with Crippen molar-refractivity contribution in [1.82, 2.24) is 0 Å². The van der Waals surface area contributed by atoms with Crippen LogP contribution < -0.4 is 5.32 Å². The lowest BCUT2D eigenvalue weighted by molar-refractivity contribution is -0.125. The standard InChI is InChI=1S/C17H15NO3/c1-11-7-8-12-10-15(21-17(20)14(12)9-11)16(19)18-13-5-3-2-4-6-13/h2-9,15H,10H2,1H3,(H,18,19). The van der Waals surface area contributed by atoms with Crippen LogP contribution in [0, 0.1) is 6.92 Å². The van der Waals surface area contributed by atoms with Gasteiger partial charge in [-0.25, -0.2) is 4.79 Å². The number of aryl methyl sites for hydroxylation is 1. The van der Waals surface area contributed by atoms with Gasteiger partial charge in [0.15, 0.2) is 6.10 Å². The first kappa shape index (κ1) is 13.4. The molecule has 0 radical (unpaired) electrons. The minimum atomic E-state index is -0.784. The zero-order valence-electron chi connectivity index (χ0n) is 11.6. The predicted molar refractivity (Wildman–Crippen MR) is 79.2 cm³/mol. The number of ether oxygens (including phenoxy) is 1. The first-order valence-corrected chi connectivity index (χ1v) is 6.80. The summed E-state index contributed by atoms with van der Waals surface area (Å²) in [6.07, 6.45) is -0.382. The Labute approximate surface area is 122 Å². The number of nitrogens with one attached hydrogen (secondary N) is 1. The molecule has 106 valence electrons. The van der Waals surface area contributed by atoms with E-state index in [9.17, 15) is 9.59 Å². The smallest absolute Gasteiger partial charge is 0.339 e. The number of esters is 1. The van der Waals surface area contributed by atoms with E-state index in [0.29, 0.717) is 17.7 Å². The van der Waals surface area contributed by atoms with Gasteiger partial charge in [-0.1, -0.05) is 35.9 Å². The van der Waals surface area contributed by atoms with Gasteiger partial charge in [-0.2, -0.15) is 0 Å². The maximum atomic E-state index is 12.2. The highest BCUT2D eigenvalue weighted by molar-refractivity contribution is 6.00. The Bertz CT molecular complexity index is 694. The molecule has 1 N–H and O–H groups in total. The number of anilines is 1. The third kappa shape index (κ3) is 2.79. The SMILES string of the molecule is Cc1ccc2c(c1)C(=O)OC(C(=O)Nc1ccccc1)C2. The monoisotopic (exact) mass is 281 g/mol. The molecular weight excluding hydrogens is 266 g/mol. The van der Waals surface area contributed by atoms with Gasteiger partial charge in [-0.15, -0.1) is 0 Å². The second-order valence-corrected chi connectivity index (χ2v) is 5.11. The van der Waals surface area contributed by atoms with E-state index < -0.39 is 12.1 Å². The Morgan fingerprint density at radius 1 is 1.19 bits per heavy atom. The van der Waals surface area contributed by atoms with Crippen LogP contribution in [0.25, 0.3) is 0 Å². The molecule has 0 fully saturated rings. The van der Waals surface area contributed by atoms with Crippen molar-refractivity contribution in [3.63, 3.8) is 0 Å². The highest BCUT2D eigenvalue weighted by Crippen LogP contribution is 2.22. The molecule has 3 rings (SSSR count). The summed E-state index contributed by atoms with van der Waals surface area (Å²) in [6, 6.07) is 14.7. The number of benzene rings is 2. The van der Waals surface area contributed by atoms with E-state index in [4.69, 9.17) is 4.74 Å². The van der Waals surface area contributed by atoms with E-state index in [1.807, 2.05) is 37.3 Å². The first-order valence-electron chi connectivity index (χ1n) is 6.80. The molecule has 21 heavy (non-hydrogen) atoms. The van der Waals surface area contributed by atoms with Crippen molar-refractivity contribution in [1.29, 1.82) is 0 Å². The third-order valence-electron chi connectivity index (χ3n) is 3.47. The number of hydrogen-bond donors (Lipinski definition) is 1. The lowest BCUT2D eigenvalue weighted by Crippen LogP contribution is -2.38. The number of para-hydroxylation sites is 1. The van der Waals surface area contributed by atoms with E-state index in [-0.39, 0.29) is 5.91 Å². The molecule has 0 aromatic heterocycles. The Hall–Kier alpha value is -2.62. The summed E-state index contributed by atoms with van der Waals surface area (Å²) >= 11 is 0. The molecule has 1 atom stereocenters. The van der Waals surface area contributed by atoms with Crippen molar-refractivity contribution in [3.05, 3.63) is 65.2 Å². The Morgan fingerprint density at radius 3 is 2.71 bits per heavy atom. The average Bonchev–Trinajstić information content (AvgIpc) is 2.49. The fraction of sp³-hybridized carbons (Fsp3) is 0.176. The van der Waals surface area contributed by atoms with Crippen LogP contribution in [-0.4, -0.2) is 18.0 Å². The Balaban J connectivity index is 1.78. The van der Waals surface area contributed by atoms with Crippen molar-refractivity contribution < 1.29 is 14.3 Å². The first-order chi connectivity index (χ1) is 10.1. The van der Waals surface area contributed by atoms with Crippen LogP contribution in [-0.2, 0) is 16.0 Å². The van der Waals surface area contributed by atoms with Gasteiger partial charge in [-0.05, 0) is 30.7 Å². The number of cyclic esters (lactones) is 1. The fourth-order valence-corrected chi connectivity index (χ4v) is 2.38. The van der Waals surface area contributed by atoms with Crippen molar-refractivity contribution in [2.45, 2.75) is 19.4 Å². The highest BCUT2D eigenvalue weighted by atomic mass is 16.5. The van der Waals surface area contributed by atoms with E-state index in [1.54, 1.807) is 18.2 Å². The van der Waals surface area contributed by atoms with Crippen LogP contribution in [0.4, 0.5) is 5.69 Å². The molecule has 0 saturated carbocycles.